The number of hydrogen-bond donors (Lipinski definition) is 7. The molecule has 0 radical (unpaired) electrons. The molecule has 0 amide bonds. The van der Waals surface area contributed by atoms with E-state index in [1.807, 2.05) is 4.98 Å². The number of nitrogens with one attached hydrogen (secondary N) is 1. The maximum absolute atomic E-state index is 11.7. The van der Waals surface area contributed by atoms with Gasteiger partial charge in [-0.3, -0.25) is 18.9 Å². The van der Waals surface area contributed by atoms with Gasteiger partial charge in [0.1, 0.15) is 18.3 Å². The van der Waals surface area contributed by atoms with Crippen LogP contribution in [0.25, 0.3) is 0 Å². The number of H-pyrrole nitrogens is 1. The van der Waals surface area contributed by atoms with Gasteiger partial charge in [-0.2, -0.15) is 8.62 Å². The van der Waals surface area contributed by atoms with E-state index < -0.39 is 65.9 Å². The molecule has 0 bridgehead atoms. The van der Waals surface area contributed by atoms with Crippen molar-refractivity contribution in [2.45, 2.75) is 24.5 Å². The standard InChI is InChI=1S/C9H15N2O15P3/c12-5-1-2-11(9(15)10-5)8-7(14)6(13)4(24-8)3-23-28(19,20)26-29(21,22)25-27(16,17)18/h1-2,4,6-8,13-14H,3H2,(H,19,20)(H,21,22)(H,10,12,15)(H2,16,17,18)/t4-,6?,7+,8-/m1/s1. The van der Waals surface area contributed by atoms with Crippen LogP contribution < -0.4 is 11.2 Å². The average molecular weight is 484 g/mol. The van der Waals surface area contributed by atoms with Gasteiger partial charge in [-0.15, -0.1) is 0 Å². The first-order chi connectivity index (χ1) is 13.1. The van der Waals surface area contributed by atoms with E-state index in [0.717, 1.165) is 12.3 Å². The topological polar surface area (TPSA) is 264 Å². The molecule has 17 nitrogen and oxygen atoms in total. The Morgan fingerprint density at radius 3 is 2.21 bits per heavy atom. The lowest BCUT2D eigenvalue weighted by Gasteiger charge is -2.19. The number of phosphoric acid groups is 3. The maximum Gasteiger partial charge on any atom is 0.490 e. The van der Waals surface area contributed by atoms with E-state index in [1.165, 1.54) is 0 Å². The Balaban J connectivity index is 2.06. The summed E-state index contributed by atoms with van der Waals surface area (Å²) < 4.78 is 50.6. The van der Waals surface area contributed by atoms with Gasteiger partial charge in [0.25, 0.3) is 5.56 Å². The van der Waals surface area contributed by atoms with Crippen molar-refractivity contribution in [3.8, 4) is 0 Å². The third-order valence-corrected chi connectivity index (χ3v) is 7.08. The molecule has 2 heterocycles. The number of rotatable bonds is 8. The maximum atomic E-state index is 11.7. The van der Waals surface area contributed by atoms with Crippen molar-refractivity contribution in [2.24, 2.45) is 0 Å². The summed E-state index contributed by atoms with van der Waals surface area (Å²) in [6, 6.07) is 0.920. The zero-order valence-electron chi connectivity index (χ0n) is 13.8. The highest BCUT2D eigenvalue weighted by Crippen LogP contribution is 2.66. The van der Waals surface area contributed by atoms with E-state index in [-0.39, 0.29) is 0 Å². The largest absolute Gasteiger partial charge is 0.490 e. The molecule has 0 saturated carbocycles. The highest BCUT2D eigenvalue weighted by Gasteiger charge is 2.46. The number of aliphatic hydroxyl groups is 2. The predicted molar refractivity (Wildman–Crippen MR) is 87.1 cm³/mol. The molecular weight excluding hydrogens is 469 g/mol. The fraction of sp³-hybridized carbons (Fsp3) is 0.556. The van der Waals surface area contributed by atoms with Crippen molar-refractivity contribution in [2.75, 3.05) is 6.61 Å². The Kier molecular flexibility index (Phi) is 7.20. The average Bonchev–Trinajstić information content (AvgIpc) is 2.78. The zero-order chi connectivity index (χ0) is 22.2. The summed E-state index contributed by atoms with van der Waals surface area (Å²) in [6.45, 7) is -1.05. The van der Waals surface area contributed by atoms with Gasteiger partial charge >= 0.3 is 29.2 Å². The van der Waals surface area contributed by atoms with Crippen LogP contribution in [0.1, 0.15) is 6.23 Å². The van der Waals surface area contributed by atoms with Crippen LogP contribution in [0.4, 0.5) is 0 Å². The van der Waals surface area contributed by atoms with E-state index in [0.29, 0.717) is 4.57 Å². The molecule has 6 atom stereocenters. The quantitative estimate of drug-likeness (QED) is 0.188. The minimum absolute atomic E-state index is 0.708. The summed E-state index contributed by atoms with van der Waals surface area (Å²) >= 11 is 0. The van der Waals surface area contributed by atoms with Gasteiger partial charge in [0.2, 0.25) is 0 Å². The lowest BCUT2D eigenvalue weighted by Crippen LogP contribution is -2.37. The molecule has 7 N–H and O–H groups in total. The fourth-order valence-electron chi connectivity index (χ4n) is 2.20. The Hall–Kier alpha value is -1.03. The molecule has 0 aliphatic carbocycles. The Morgan fingerprint density at radius 2 is 1.66 bits per heavy atom. The molecule has 20 heteroatoms. The molecular formula is C9H15N2O15P3. The Bertz CT molecular complexity index is 997. The lowest BCUT2D eigenvalue weighted by molar-refractivity contribution is -0.0542. The van der Waals surface area contributed by atoms with Crippen LogP contribution >= 0.6 is 23.5 Å². The minimum atomic E-state index is -5.73. The molecule has 1 fully saturated rings. The first-order valence-corrected chi connectivity index (χ1v) is 11.7. The summed E-state index contributed by atoms with van der Waals surface area (Å²) in [5, 5.41) is 19.9. The Labute approximate surface area is 159 Å². The highest BCUT2D eigenvalue weighted by atomic mass is 31.3. The molecule has 0 spiro atoms. The summed E-state index contributed by atoms with van der Waals surface area (Å²) in [5.74, 6) is 0. The number of aromatic nitrogens is 2. The van der Waals surface area contributed by atoms with E-state index in [1.54, 1.807) is 0 Å². The molecule has 1 saturated heterocycles. The second-order valence-electron chi connectivity index (χ2n) is 5.45. The number of aliphatic hydroxyl groups excluding tert-OH is 2. The van der Waals surface area contributed by atoms with Gasteiger partial charge in [0.05, 0.1) is 6.61 Å². The predicted octanol–water partition coefficient (Wildman–Crippen LogP) is -2.50. The third kappa shape index (κ3) is 6.73. The first kappa shape index (κ1) is 24.2. The normalized spacial score (nSPS) is 29.3. The van der Waals surface area contributed by atoms with Crippen LogP contribution in [0, 0.1) is 0 Å². The number of hydrogen-bond acceptors (Lipinski definition) is 11. The molecule has 1 aliphatic heterocycles. The molecule has 1 aromatic heterocycles. The number of aromatic amines is 1. The highest BCUT2D eigenvalue weighted by molar-refractivity contribution is 7.66. The molecule has 3 unspecified atom stereocenters. The molecule has 166 valence electrons. The van der Waals surface area contributed by atoms with Crippen molar-refractivity contribution < 1.29 is 61.4 Å². The lowest BCUT2D eigenvalue weighted by atomic mass is 10.1. The molecule has 29 heavy (non-hydrogen) atoms. The minimum Gasteiger partial charge on any atom is -0.387 e. The van der Waals surface area contributed by atoms with Crippen LogP contribution in [0.5, 0.6) is 0 Å². The van der Waals surface area contributed by atoms with Crippen molar-refractivity contribution in [1.82, 2.24) is 9.55 Å². The second-order valence-corrected chi connectivity index (χ2v) is 9.87. The fourth-order valence-corrected chi connectivity index (χ4v) is 5.23. The van der Waals surface area contributed by atoms with Gasteiger partial charge in [-0.05, 0) is 0 Å². The molecule has 1 aromatic rings. The smallest absolute Gasteiger partial charge is 0.387 e. The van der Waals surface area contributed by atoms with Crippen LogP contribution in [-0.4, -0.2) is 64.3 Å². The van der Waals surface area contributed by atoms with Crippen LogP contribution in [0.2, 0.25) is 0 Å². The zero-order valence-corrected chi connectivity index (χ0v) is 16.5. The summed E-state index contributed by atoms with van der Waals surface area (Å²) in [4.78, 5) is 59.9. The van der Waals surface area contributed by atoms with E-state index >= 15 is 0 Å². The van der Waals surface area contributed by atoms with Crippen LogP contribution in [-0.2, 0) is 31.6 Å². The van der Waals surface area contributed by atoms with Gasteiger partial charge < -0.3 is 34.5 Å². The van der Waals surface area contributed by atoms with E-state index in [2.05, 4.69) is 13.1 Å². The molecule has 2 rings (SSSR count). The van der Waals surface area contributed by atoms with E-state index in [4.69, 9.17) is 19.4 Å². The summed E-state index contributed by atoms with van der Waals surface area (Å²) in [7, 11) is -16.8. The molecule has 1 aliphatic rings. The van der Waals surface area contributed by atoms with Crippen molar-refractivity contribution >= 4 is 23.5 Å². The van der Waals surface area contributed by atoms with Crippen molar-refractivity contribution in [3.05, 3.63) is 33.1 Å². The van der Waals surface area contributed by atoms with Crippen LogP contribution in [0.15, 0.2) is 21.9 Å². The van der Waals surface area contributed by atoms with Gasteiger partial charge in [-0.1, -0.05) is 0 Å². The first-order valence-electron chi connectivity index (χ1n) is 7.22. The van der Waals surface area contributed by atoms with Crippen LogP contribution in [0.3, 0.4) is 0 Å². The number of ether oxygens (including phenoxy) is 1. The third-order valence-electron chi connectivity index (χ3n) is 3.28. The van der Waals surface area contributed by atoms with Crippen molar-refractivity contribution in [1.29, 1.82) is 0 Å². The monoisotopic (exact) mass is 484 g/mol. The number of nitrogens with zero attached hydrogens (tertiary/aromatic N) is 1. The van der Waals surface area contributed by atoms with Gasteiger partial charge in [0.15, 0.2) is 6.23 Å². The van der Waals surface area contributed by atoms with Gasteiger partial charge in [0, 0.05) is 12.3 Å². The number of phosphoric ester groups is 1. The van der Waals surface area contributed by atoms with Crippen molar-refractivity contribution in [3.63, 3.8) is 0 Å². The summed E-state index contributed by atoms with van der Waals surface area (Å²) in [6.07, 6.45) is -5.70. The summed E-state index contributed by atoms with van der Waals surface area (Å²) in [5.41, 5.74) is -1.74. The molecule has 0 aromatic carbocycles. The van der Waals surface area contributed by atoms with E-state index in [9.17, 15) is 38.4 Å². The second kappa shape index (κ2) is 8.61. The Morgan fingerprint density at radius 1 is 1.03 bits per heavy atom. The van der Waals surface area contributed by atoms with Gasteiger partial charge in [-0.25, -0.2) is 18.5 Å². The SMILES string of the molecule is O=c1ccn([C@@H]2O[C@H](COP(=O)(O)OP(=O)(O)OP(=O)(O)O)C(O)[C@@H]2O)c(=O)[nH]1.